The van der Waals surface area contributed by atoms with Gasteiger partial charge in [0.1, 0.15) is 12.4 Å². The van der Waals surface area contributed by atoms with Crippen LogP contribution in [0.15, 0.2) is 36.7 Å². The van der Waals surface area contributed by atoms with Gasteiger partial charge in [0.05, 0.1) is 41.5 Å². The first-order valence-corrected chi connectivity index (χ1v) is 10.6. The van der Waals surface area contributed by atoms with Crippen molar-refractivity contribution in [2.45, 2.75) is 25.9 Å². The molecule has 0 spiro atoms. The van der Waals surface area contributed by atoms with Crippen LogP contribution in [0.2, 0.25) is 0 Å². The van der Waals surface area contributed by atoms with E-state index in [4.69, 9.17) is 14.2 Å². The van der Waals surface area contributed by atoms with Crippen LogP contribution in [0.3, 0.4) is 0 Å². The Hall–Kier alpha value is -3.59. The molecule has 0 saturated carbocycles. The molecule has 1 aliphatic rings. The molecule has 0 aliphatic carbocycles. The molecule has 9 heteroatoms. The van der Waals surface area contributed by atoms with Crippen LogP contribution in [0, 0.1) is 5.82 Å². The number of amides is 1. The number of halogens is 1. The van der Waals surface area contributed by atoms with Gasteiger partial charge in [-0.05, 0) is 32.0 Å². The number of para-hydroxylation sites is 1. The van der Waals surface area contributed by atoms with Crippen molar-refractivity contribution in [3.8, 4) is 22.8 Å². The molecule has 1 aliphatic heterocycles. The molecule has 4 rings (SSSR count). The van der Waals surface area contributed by atoms with Crippen molar-refractivity contribution < 1.29 is 23.4 Å². The summed E-state index contributed by atoms with van der Waals surface area (Å²) in [5.74, 6) is -0.139. The molecule has 0 fully saturated rings. The Morgan fingerprint density at radius 1 is 1.24 bits per heavy atom. The maximum atomic E-state index is 14.3. The first-order chi connectivity index (χ1) is 15.8. The molecule has 2 aromatic heterocycles. The minimum atomic E-state index is -0.507. The van der Waals surface area contributed by atoms with Crippen LogP contribution in [-0.4, -0.2) is 48.8 Å². The van der Waals surface area contributed by atoms with Gasteiger partial charge in [-0.1, -0.05) is 6.07 Å². The number of H-pyrrole nitrogens is 1. The van der Waals surface area contributed by atoms with Crippen molar-refractivity contribution in [1.82, 2.24) is 15.3 Å². The number of benzene rings is 1. The van der Waals surface area contributed by atoms with E-state index < -0.39 is 11.4 Å². The van der Waals surface area contributed by atoms with Gasteiger partial charge in [0.2, 0.25) is 0 Å². The number of aromatic amines is 1. The van der Waals surface area contributed by atoms with Gasteiger partial charge in [-0.25, -0.2) is 4.39 Å². The highest BCUT2D eigenvalue weighted by Crippen LogP contribution is 2.42. The Bertz CT molecular complexity index is 1180. The fraction of sp³-hybridized carbons (Fsp3) is 0.333. The maximum Gasteiger partial charge on any atom is 0.255 e. The summed E-state index contributed by atoms with van der Waals surface area (Å²) in [7, 11) is 3.02. The molecular weight excluding hydrogens is 427 g/mol. The van der Waals surface area contributed by atoms with Crippen LogP contribution < -0.4 is 20.1 Å². The topological polar surface area (TPSA) is 97.5 Å². The molecule has 3 N–H and O–H groups in total. The maximum absolute atomic E-state index is 14.3. The van der Waals surface area contributed by atoms with Gasteiger partial charge in [0, 0.05) is 37.5 Å². The van der Waals surface area contributed by atoms with Crippen molar-refractivity contribution in [3.05, 3.63) is 53.7 Å². The van der Waals surface area contributed by atoms with Gasteiger partial charge in [-0.3, -0.25) is 9.78 Å². The second-order valence-corrected chi connectivity index (χ2v) is 8.30. The van der Waals surface area contributed by atoms with E-state index in [-0.39, 0.29) is 11.7 Å². The summed E-state index contributed by atoms with van der Waals surface area (Å²) in [6.45, 7) is 4.66. The highest BCUT2D eigenvalue weighted by molar-refractivity contribution is 6.06. The highest BCUT2D eigenvalue weighted by Gasteiger charge is 2.29. The average molecular weight is 455 g/mol. The fourth-order valence-corrected chi connectivity index (χ4v) is 3.67. The molecule has 1 amide bonds. The molecule has 0 unspecified atom stereocenters. The number of hydrogen-bond donors (Lipinski definition) is 3. The van der Waals surface area contributed by atoms with E-state index in [1.807, 2.05) is 13.8 Å². The number of carbonyl (C=O) groups is 1. The third-order valence-electron chi connectivity index (χ3n) is 5.58. The van der Waals surface area contributed by atoms with Gasteiger partial charge in [0.25, 0.3) is 5.91 Å². The lowest BCUT2D eigenvalue weighted by Gasteiger charge is -2.23. The number of hydrogen-bond acceptors (Lipinski definition) is 6. The first kappa shape index (κ1) is 22.6. The monoisotopic (exact) mass is 454 g/mol. The minimum Gasteiger partial charge on any atom is -0.492 e. The number of rotatable bonds is 8. The van der Waals surface area contributed by atoms with Crippen molar-refractivity contribution in [1.29, 1.82) is 0 Å². The molecule has 3 aromatic rings. The second kappa shape index (κ2) is 9.11. The van der Waals surface area contributed by atoms with Gasteiger partial charge in [-0.15, -0.1) is 0 Å². The zero-order valence-corrected chi connectivity index (χ0v) is 19.0. The smallest absolute Gasteiger partial charge is 0.255 e. The predicted molar refractivity (Wildman–Crippen MR) is 123 cm³/mol. The van der Waals surface area contributed by atoms with Gasteiger partial charge in [-0.2, -0.15) is 0 Å². The van der Waals surface area contributed by atoms with Crippen molar-refractivity contribution in [3.63, 3.8) is 0 Å². The Balaban J connectivity index is 1.83. The highest BCUT2D eigenvalue weighted by atomic mass is 19.1. The molecule has 33 heavy (non-hydrogen) atoms. The van der Waals surface area contributed by atoms with E-state index in [0.717, 1.165) is 5.69 Å². The molecular formula is C24H27FN4O4. The zero-order valence-electron chi connectivity index (χ0n) is 19.0. The molecule has 0 radical (unpaired) electrons. The average Bonchev–Trinajstić information content (AvgIpc) is 3.17. The Morgan fingerprint density at radius 2 is 2.06 bits per heavy atom. The number of nitrogens with zero attached hydrogens (tertiary/aromatic N) is 1. The van der Waals surface area contributed by atoms with Crippen LogP contribution >= 0.6 is 0 Å². The third kappa shape index (κ3) is 4.49. The SMILES string of the molecule is COc1c(F)cccc1Nc1c(-c2ccncc2OCC(C)(C)OC)[nH]c2c1C(=O)NCC2. The standard InChI is InChI=1S/C24H27FN4O4/c1-24(2,32-4)13-33-18-12-26-10-8-14(18)20-21(19-16(28-20)9-11-27-23(19)30)29-17-7-5-6-15(25)22(17)31-3/h5-8,10,12,28-29H,9,11,13H2,1-4H3,(H,27,30). The van der Waals surface area contributed by atoms with Gasteiger partial charge in [0.15, 0.2) is 11.6 Å². The van der Waals surface area contributed by atoms with Crippen LogP contribution in [0.1, 0.15) is 29.9 Å². The summed E-state index contributed by atoms with van der Waals surface area (Å²) in [4.78, 5) is 20.4. The van der Waals surface area contributed by atoms with E-state index in [1.54, 1.807) is 37.7 Å². The van der Waals surface area contributed by atoms with Gasteiger partial charge >= 0.3 is 0 Å². The van der Waals surface area contributed by atoms with Gasteiger partial charge < -0.3 is 29.8 Å². The third-order valence-corrected chi connectivity index (χ3v) is 5.58. The van der Waals surface area contributed by atoms with Crippen molar-refractivity contribution >= 4 is 17.3 Å². The van der Waals surface area contributed by atoms with Crippen LogP contribution in [-0.2, 0) is 11.2 Å². The van der Waals surface area contributed by atoms with Crippen molar-refractivity contribution in [2.24, 2.45) is 0 Å². The van der Waals surface area contributed by atoms with E-state index in [1.165, 1.54) is 13.2 Å². The Labute approximate surface area is 191 Å². The first-order valence-electron chi connectivity index (χ1n) is 10.6. The molecule has 174 valence electrons. The van der Waals surface area contributed by atoms with Crippen LogP contribution in [0.25, 0.3) is 11.3 Å². The number of aromatic nitrogens is 2. The molecule has 1 aromatic carbocycles. The van der Waals surface area contributed by atoms with E-state index in [2.05, 4.69) is 20.6 Å². The number of carbonyl (C=O) groups excluding carboxylic acids is 1. The minimum absolute atomic E-state index is 0.0580. The normalized spacial score (nSPS) is 13.3. The predicted octanol–water partition coefficient (Wildman–Crippen LogP) is 4.06. The number of pyridine rings is 1. The van der Waals surface area contributed by atoms with E-state index in [9.17, 15) is 9.18 Å². The molecule has 8 nitrogen and oxygen atoms in total. The second-order valence-electron chi connectivity index (χ2n) is 8.30. The number of ether oxygens (including phenoxy) is 3. The number of fused-ring (bicyclic) bond motifs is 1. The van der Waals surface area contributed by atoms with Crippen LogP contribution in [0.5, 0.6) is 11.5 Å². The molecule has 3 heterocycles. The zero-order chi connectivity index (χ0) is 23.6. The van der Waals surface area contributed by atoms with E-state index >= 15 is 0 Å². The van der Waals surface area contributed by atoms with Crippen molar-refractivity contribution in [2.75, 3.05) is 32.7 Å². The van der Waals surface area contributed by atoms with Crippen LogP contribution in [0.4, 0.5) is 15.8 Å². The summed E-state index contributed by atoms with van der Waals surface area (Å²) < 4.78 is 31.1. The fourth-order valence-electron chi connectivity index (χ4n) is 3.67. The lowest BCUT2D eigenvalue weighted by atomic mass is 10.0. The number of methoxy groups -OCH3 is 2. The number of anilines is 2. The molecule has 0 atom stereocenters. The summed E-state index contributed by atoms with van der Waals surface area (Å²) in [5, 5.41) is 6.09. The van der Waals surface area contributed by atoms with E-state index in [0.29, 0.717) is 53.5 Å². The summed E-state index contributed by atoms with van der Waals surface area (Å²) in [6, 6.07) is 6.39. The lowest BCUT2D eigenvalue weighted by molar-refractivity contribution is -0.0146. The number of nitrogens with one attached hydrogen (secondary N) is 3. The quantitative estimate of drug-likeness (QED) is 0.475. The summed E-state index contributed by atoms with van der Waals surface area (Å²) in [5.41, 5.74) is 3.00. The molecule has 0 bridgehead atoms. The largest absolute Gasteiger partial charge is 0.492 e. The molecule has 0 saturated heterocycles. The summed E-state index contributed by atoms with van der Waals surface area (Å²) in [6.07, 6.45) is 3.90. The Morgan fingerprint density at radius 3 is 2.82 bits per heavy atom. The summed E-state index contributed by atoms with van der Waals surface area (Å²) >= 11 is 0. The lowest BCUT2D eigenvalue weighted by Crippen LogP contribution is -2.31. The Kier molecular flexibility index (Phi) is 6.24.